The van der Waals surface area contributed by atoms with Crippen LogP contribution in [0.2, 0.25) is 0 Å². The van der Waals surface area contributed by atoms with Crippen molar-refractivity contribution in [3.8, 4) is 0 Å². The number of nitrogens with two attached hydrogens (primary N) is 1. The van der Waals surface area contributed by atoms with Crippen molar-refractivity contribution in [2.75, 3.05) is 5.73 Å². The Balaban J connectivity index is 2.23. The highest BCUT2D eigenvalue weighted by Gasteiger charge is 2.23. The Hall–Kier alpha value is -2.06. The van der Waals surface area contributed by atoms with Crippen molar-refractivity contribution in [3.05, 3.63) is 59.4 Å². The molecular weight excluding hydrogens is 305 g/mol. The predicted molar refractivity (Wildman–Crippen MR) is 71.2 cm³/mol. The summed E-state index contributed by atoms with van der Waals surface area (Å²) in [6.07, 6.45) is 0. The van der Waals surface area contributed by atoms with Crippen molar-refractivity contribution in [2.24, 2.45) is 0 Å². The first kappa shape index (κ1) is 15.3. The third-order valence-electron chi connectivity index (χ3n) is 2.74. The van der Waals surface area contributed by atoms with Gasteiger partial charge >= 0.3 is 0 Å². The molecule has 8 heteroatoms. The Kier molecular flexibility index (Phi) is 4.19. The molecular formula is C13H11F3N2O2S. The smallest absolute Gasteiger partial charge is 0.243 e. The number of halogens is 3. The van der Waals surface area contributed by atoms with E-state index in [1.807, 2.05) is 0 Å². The van der Waals surface area contributed by atoms with Gasteiger partial charge in [0.25, 0.3) is 0 Å². The molecule has 0 spiro atoms. The number of nitrogens with one attached hydrogen (secondary N) is 1. The van der Waals surface area contributed by atoms with Gasteiger partial charge < -0.3 is 5.73 Å². The molecule has 0 heterocycles. The fourth-order valence-corrected chi connectivity index (χ4v) is 2.69. The molecule has 2 aromatic carbocycles. The fourth-order valence-electron chi connectivity index (χ4n) is 1.61. The van der Waals surface area contributed by atoms with Crippen molar-refractivity contribution in [1.82, 2.24) is 4.72 Å². The Labute approximate surface area is 119 Å². The van der Waals surface area contributed by atoms with Crippen LogP contribution in [0.4, 0.5) is 18.9 Å². The lowest BCUT2D eigenvalue weighted by Crippen LogP contribution is -2.24. The second-order valence-corrected chi connectivity index (χ2v) is 5.97. The molecule has 0 saturated carbocycles. The average Bonchev–Trinajstić information content (AvgIpc) is 2.44. The molecule has 0 aliphatic heterocycles. The molecule has 0 aromatic heterocycles. The first-order valence-corrected chi connectivity index (χ1v) is 7.27. The maximum absolute atomic E-state index is 13.5. The number of rotatable bonds is 4. The molecule has 0 radical (unpaired) electrons. The first-order chi connectivity index (χ1) is 9.81. The van der Waals surface area contributed by atoms with Crippen molar-refractivity contribution >= 4 is 15.7 Å². The Morgan fingerprint density at radius 1 is 0.952 bits per heavy atom. The minimum atomic E-state index is -4.30. The lowest BCUT2D eigenvalue weighted by molar-refractivity contribution is 0.431. The molecule has 4 nitrogen and oxygen atoms in total. The second kappa shape index (κ2) is 5.74. The van der Waals surface area contributed by atoms with E-state index < -0.39 is 32.4 Å². The van der Waals surface area contributed by atoms with Crippen LogP contribution in [0.25, 0.3) is 0 Å². The van der Waals surface area contributed by atoms with E-state index in [1.54, 1.807) is 24.3 Å². The first-order valence-electron chi connectivity index (χ1n) is 5.79. The largest absolute Gasteiger partial charge is 0.399 e. The average molecular weight is 316 g/mol. The van der Waals surface area contributed by atoms with E-state index in [4.69, 9.17) is 5.73 Å². The lowest BCUT2D eigenvalue weighted by atomic mass is 10.2. The SMILES string of the molecule is Nc1ccc(CNS(=O)(=O)c2ccc(F)c(F)c2F)cc1. The summed E-state index contributed by atoms with van der Waals surface area (Å²) in [5.74, 6) is -5.03. The van der Waals surface area contributed by atoms with Crippen LogP contribution in [-0.2, 0) is 16.6 Å². The summed E-state index contributed by atoms with van der Waals surface area (Å²) in [7, 11) is -4.30. The van der Waals surface area contributed by atoms with Crippen molar-refractivity contribution in [1.29, 1.82) is 0 Å². The number of nitrogen functional groups attached to an aromatic ring is 1. The molecule has 0 bridgehead atoms. The molecule has 0 amide bonds. The van der Waals surface area contributed by atoms with Crippen LogP contribution in [0.1, 0.15) is 5.56 Å². The molecule has 0 unspecified atom stereocenters. The van der Waals surface area contributed by atoms with Crippen molar-refractivity contribution < 1.29 is 21.6 Å². The highest BCUT2D eigenvalue weighted by molar-refractivity contribution is 7.89. The van der Waals surface area contributed by atoms with E-state index in [1.165, 1.54) is 0 Å². The summed E-state index contributed by atoms with van der Waals surface area (Å²) >= 11 is 0. The topological polar surface area (TPSA) is 72.2 Å². The monoisotopic (exact) mass is 316 g/mol. The van der Waals surface area contributed by atoms with Crippen LogP contribution >= 0.6 is 0 Å². The van der Waals surface area contributed by atoms with Gasteiger partial charge in [-0.15, -0.1) is 0 Å². The van der Waals surface area contributed by atoms with Crippen molar-refractivity contribution in [3.63, 3.8) is 0 Å². The van der Waals surface area contributed by atoms with Crippen LogP contribution in [0.15, 0.2) is 41.3 Å². The van der Waals surface area contributed by atoms with Crippen LogP contribution < -0.4 is 10.5 Å². The minimum Gasteiger partial charge on any atom is -0.399 e. The summed E-state index contributed by atoms with van der Waals surface area (Å²) in [6.45, 7) is -0.138. The summed E-state index contributed by atoms with van der Waals surface area (Å²) in [5.41, 5.74) is 6.57. The van der Waals surface area contributed by atoms with Crippen LogP contribution in [0, 0.1) is 17.5 Å². The molecule has 0 atom stereocenters. The van der Waals surface area contributed by atoms with Gasteiger partial charge in [0, 0.05) is 12.2 Å². The normalized spacial score (nSPS) is 11.6. The second-order valence-electron chi connectivity index (χ2n) is 4.24. The van der Waals surface area contributed by atoms with Crippen LogP contribution in [0.3, 0.4) is 0 Å². The molecule has 2 aromatic rings. The number of benzene rings is 2. The quantitative estimate of drug-likeness (QED) is 0.671. The predicted octanol–water partition coefficient (Wildman–Crippen LogP) is 2.16. The van der Waals surface area contributed by atoms with Gasteiger partial charge in [-0.05, 0) is 29.8 Å². The Bertz CT molecular complexity index is 762. The molecule has 3 N–H and O–H groups in total. The number of hydrogen-bond donors (Lipinski definition) is 2. The summed E-state index contributed by atoms with van der Waals surface area (Å²) < 4.78 is 65.2. The summed E-state index contributed by atoms with van der Waals surface area (Å²) in [5, 5.41) is 0. The zero-order chi connectivity index (χ0) is 15.6. The van der Waals surface area contributed by atoms with E-state index in [9.17, 15) is 21.6 Å². The fraction of sp³-hybridized carbons (Fsp3) is 0.0769. The van der Waals surface area contributed by atoms with Crippen LogP contribution in [-0.4, -0.2) is 8.42 Å². The lowest BCUT2D eigenvalue weighted by Gasteiger charge is -2.08. The molecule has 112 valence electrons. The van der Waals surface area contributed by atoms with E-state index in [2.05, 4.69) is 4.72 Å². The molecule has 0 aliphatic rings. The molecule has 0 saturated heterocycles. The Morgan fingerprint density at radius 3 is 2.19 bits per heavy atom. The summed E-state index contributed by atoms with van der Waals surface area (Å²) in [4.78, 5) is -0.947. The Morgan fingerprint density at radius 2 is 1.57 bits per heavy atom. The minimum absolute atomic E-state index is 0.138. The van der Waals surface area contributed by atoms with E-state index in [-0.39, 0.29) is 6.54 Å². The molecule has 2 rings (SSSR count). The van der Waals surface area contributed by atoms with Gasteiger partial charge in [0.05, 0.1) is 0 Å². The van der Waals surface area contributed by atoms with Gasteiger partial charge in [0.15, 0.2) is 17.5 Å². The molecule has 0 aliphatic carbocycles. The number of hydrogen-bond acceptors (Lipinski definition) is 3. The highest BCUT2D eigenvalue weighted by Crippen LogP contribution is 2.19. The standard InChI is InChI=1S/C13H11F3N2O2S/c14-10-5-6-11(13(16)12(10)15)21(19,20)18-7-8-1-3-9(17)4-2-8/h1-6,18H,7,17H2. The molecule has 0 fully saturated rings. The number of sulfonamides is 1. The van der Waals surface area contributed by atoms with Crippen molar-refractivity contribution in [2.45, 2.75) is 11.4 Å². The third-order valence-corrected chi connectivity index (χ3v) is 4.15. The zero-order valence-corrected chi connectivity index (χ0v) is 11.4. The van der Waals surface area contributed by atoms with Gasteiger partial charge in [0.1, 0.15) is 4.90 Å². The van der Waals surface area contributed by atoms with Gasteiger partial charge in [0.2, 0.25) is 10.0 Å². The van der Waals surface area contributed by atoms with Gasteiger partial charge in [-0.2, -0.15) is 0 Å². The van der Waals surface area contributed by atoms with Crippen LogP contribution in [0.5, 0.6) is 0 Å². The molecule has 21 heavy (non-hydrogen) atoms. The van der Waals surface area contributed by atoms with Gasteiger partial charge in [-0.3, -0.25) is 0 Å². The van der Waals surface area contributed by atoms with Gasteiger partial charge in [-0.1, -0.05) is 12.1 Å². The van der Waals surface area contributed by atoms with Gasteiger partial charge in [-0.25, -0.2) is 26.3 Å². The third kappa shape index (κ3) is 3.34. The van der Waals surface area contributed by atoms with E-state index in [0.29, 0.717) is 23.4 Å². The summed E-state index contributed by atoms with van der Waals surface area (Å²) in [6, 6.07) is 7.53. The maximum atomic E-state index is 13.5. The zero-order valence-electron chi connectivity index (χ0n) is 10.6. The number of anilines is 1. The van der Waals surface area contributed by atoms with E-state index in [0.717, 1.165) is 0 Å². The highest BCUT2D eigenvalue weighted by atomic mass is 32.2. The van der Waals surface area contributed by atoms with E-state index >= 15 is 0 Å². The maximum Gasteiger partial charge on any atom is 0.243 e.